The highest BCUT2D eigenvalue weighted by molar-refractivity contribution is 5.94. The normalized spacial score (nSPS) is 10.9. The van der Waals surface area contributed by atoms with Gasteiger partial charge in [-0.25, -0.2) is 15.0 Å². The summed E-state index contributed by atoms with van der Waals surface area (Å²) in [6, 6.07) is 10.8. The molecule has 0 unspecified atom stereocenters. The first-order chi connectivity index (χ1) is 15.4. The Labute approximate surface area is 183 Å². The zero-order valence-electron chi connectivity index (χ0n) is 17.3. The Hall–Kier alpha value is -4.34. The number of rotatable bonds is 7. The molecule has 0 aromatic carbocycles. The van der Waals surface area contributed by atoms with Crippen molar-refractivity contribution in [3.8, 4) is 22.8 Å². The number of carboxylic acid groups (broad SMARTS) is 1. The topological polar surface area (TPSA) is 148 Å². The number of hydrogen-bond donors (Lipinski definition) is 3. The maximum Gasteiger partial charge on any atom is 0.303 e. The lowest BCUT2D eigenvalue weighted by molar-refractivity contribution is -0.137. The van der Waals surface area contributed by atoms with Gasteiger partial charge in [-0.3, -0.25) is 19.0 Å². The molecule has 10 nitrogen and oxygen atoms in total. The van der Waals surface area contributed by atoms with E-state index in [0.29, 0.717) is 40.4 Å². The fourth-order valence-corrected chi connectivity index (χ4v) is 3.33. The van der Waals surface area contributed by atoms with Crippen LogP contribution in [0.15, 0.2) is 48.8 Å². The third-order valence-corrected chi connectivity index (χ3v) is 4.78. The first-order valence-electron chi connectivity index (χ1n) is 9.97. The van der Waals surface area contributed by atoms with Crippen molar-refractivity contribution in [2.75, 3.05) is 12.3 Å². The summed E-state index contributed by atoms with van der Waals surface area (Å²) in [5.74, 6) is -1.09. The summed E-state index contributed by atoms with van der Waals surface area (Å²) in [4.78, 5) is 40.9. The molecule has 4 N–H and O–H groups in total. The highest BCUT2D eigenvalue weighted by Gasteiger charge is 2.20. The van der Waals surface area contributed by atoms with Crippen LogP contribution in [0, 0.1) is 6.92 Å². The highest BCUT2D eigenvalue weighted by atomic mass is 16.4. The number of pyridine rings is 2. The fraction of sp³-hybridized carbons (Fsp3) is 0.182. The molecular weight excluding hydrogens is 410 g/mol. The van der Waals surface area contributed by atoms with Gasteiger partial charge in [0.2, 0.25) is 5.95 Å². The standard InChI is InChI=1S/C22H21N7O3/c1-13-4-2-5-15(26-13)19-20(16-9-11-25-22(23)27-16)29-12-14(7-8-17(29)28-19)21(32)24-10-3-6-18(30)31/h2,4-5,7-9,11-12H,3,6,10H2,1H3,(H,24,32)(H,30,31)(H2,23,25,27). The minimum absolute atomic E-state index is 0.00697. The van der Waals surface area contributed by atoms with Gasteiger partial charge in [-0.15, -0.1) is 0 Å². The van der Waals surface area contributed by atoms with E-state index < -0.39 is 5.97 Å². The lowest BCUT2D eigenvalue weighted by Gasteiger charge is -2.08. The largest absolute Gasteiger partial charge is 0.481 e. The van der Waals surface area contributed by atoms with Crippen LogP contribution in [0.1, 0.15) is 28.9 Å². The van der Waals surface area contributed by atoms with Crippen LogP contribution >= 0.6 is 0 Å². The van der Waals surface area contributed by atoms with Crippen molar-refractivity contribution in [2.24, 2.45) is 0 Å². The number of hydrogen-bond acceptors (Lipinski definition) is 7. The third-order valence-electron chi connectivity index (χ3n) is 4.78. The summed E-state index contributed by atoms with van der Waals surface area (Å²) in [6.07, 6.45) is 3.57. The number of nitrogens with one attached hydrogen (secondary N) is 1. The summed E-state index contributed by atoms with van der Waals surface area (Å²) < 4.78 is 1.77. The quantitative estimate of drug-likeness (QED) is 0.378. The van der Waals surface area contributed by atoms with Crippen molar-refractivity contribution in [3.63, 3.8) is 0 Å². The van der Waals surface area contributed by atoms with Gasteiger partial charge >= 0.3 is 5.97 Å². The van der Waals surface area contributed by atoms with Gasteiger partial charge in [0.25, 0.3) is 5.91 Å². The Morgan fingerprint density at radius 3 is 2.69 bits per heavy atom. The number of nitrogens with two attached hydrogens (primary N) is 1. The second-order valence-electron chi connectivity index (χ2n) is 7.17. The van der Waals surface area contributed by atoms with Crippen molar-refractivity contribution in [2.45, 2.75) is 19.8 Å². The SMILES string of the molecule is Cc1cccc(-c2nc3ccc(C(=O)NCCCC(=O)O)cn3c2-c2ccnc(N)n2)n1. The Morgan fingerprint density at radius 1 is 1.09 bits per heavy atom. The molecule has 32 heavy (non-hydrogen) atoms. The maximum absolute atomic E-state index is 12.6. The van der Waals surface area contributed by atoms with E-state index in [4.69, 9.17) is 15.8 Å². The average Bonchev–Trinajstić information content (AvgIpc) is 3.15. The number of aromatic nitrogens is 5. The van der Waals surface area contributed by atoms with E-state index >= 15 is 0 Å². The van der Waals surface area contributed by atoms with E-state index in [1.54, 1.807) is 35.0 Å². The number of carbonyl (C=O) groups excluding carboxylic acids is 1. The molecule has 0 atom stereocenters. The lowest BCUT2D eigenvalue weighted by atomic mass is 10.1. The molecule has 0 saturated heterocycles. The number of carboxylic acids is 1. The van der Waals surface area contributed by atoms with Gasteiger partial charge in [-0.05, 0) is 43.7 Å². The number of amides is 1. The Balaban J connectivity index is 1.78. The predicted molar refractivity (Wildman–Crippen MR) is 118 cm³/mol. The van der Waals surface area contributed by atoms with Crippen LogP contribution in [0.25, 0.3) is 28.4 Å². The van der Waals surface area contributed by atoms with Crippen LogP contribution in [0.3, 0.4) is 0 Å². The van der Waals surface area contributed by atoms with Crippen LogP contribution in [-0.2, 0) is 4.79 Å². The molecule has 0 saturated carbocycles. The molecule has 0 bridgehead atoms. The molecule has 4 heterocycles. The van der Waals surface area contributed by atoms with Gasteiger partial charge in [-0.2, -0.15) is 0 Å². The molecule has 4 aromatic heterocycles. The fourth-order valence-electron chi connectivity index (χ4n) is 3.33. The first kappa shape index (κ1) is 20.9. The van der Waals surface area contributed by atoms with Gasteiger partial charge in [0.1, 0.15) is 17.0 Å². The van der Waals surface area contributed by atoms with Gasteiger partial charge in [-0.1, -0.05) is 6.07 Å². The number of nitrogen functional groups attached to an aromatic ring is 1. The summed E-state index contributed by atoms with van der Waals surface area (Å²) >= 11 is 0. The van der Waals surface area contributed by atoms with Gasteiger partial charge in [0, 0.05) is 31.1 Å². The lowest BCUT2D eigenvalue weighted by Crippen LogP contribution is -2.25. The number of carbonyl (C=O) groups is 2. The second-order valence-corrected chi connectivity index (χ2v) is 7.17. The minimum Gasteiger partial charge on any atom is -0.481 e. The Morgan fingerprint density at radius 2 is 1.94 bits per heavy atom. The number of nitrogens with zero attached hydrogens (tertiary/aromatic N) is 5. The Kier molecular flexibility index (Phi) is 5.75. The zero-order chi connectivity index (χ0) is 22.7. The predicted octanol–water partition coefficient (Wildman–Crippen LogP) is 2.34. The van der Waals surface area contributed by atoms with Crippen molar-refractivity contribution in [1.82, 2.24) is 29.7 Å². The molecule has 0 aliphatic carbocycles. The molecule has 0 fully saturated rings. The van der Waals surface area contributed by atoms with Crippen molar-refractivity contribution in [1.29, 1.82) is 0 Å². The first-order valence-corrected chi connectivity index (χ1v) is 9.97. The molecule has 4 aromatic rings. The second kappa shape index (κ2) is 8.80. The van der Waals surface area contributed by atoms with E-state index in [2.05, 4.69) is 20.3 Å². The molecular formula is C22H21N7O3. The summed E-state index contributed by atoms with van der Waals surface area (Å²) in [6.45, 7) is 2.16. The molecule has 0 radical (unpaired) electrons. The average molecular weight is 431 g/mol. The van der Waals surface area contributed by atoms with E-state index in [-0.39, 0.29) is 24.8 Å². The van der Waals surface area contributed by atoms with Crippen molar-refractivity contribution >= 4 is 23.5 Å². The molecule has 162 valence electrons. The molecule has 0 aliphatic heterocycles. The smallest absolute Gasteiger partial charge is 0.303 e. The zero-order valence-corrected chi connectivity index (χ0v) is 17.3. The van der Waals surface area contributed by atoms with Crippen LogP contribution < -0.4 is 11.1 Å². The number of aliphatic carboxylic acids is 1. The molecule has 4 rings (SSSR count). The van der Waals surface area contributed by atoms with E-state index in [0.717, 1.165) is 5.69 Å². The molecule has 1 amide bonds. The highest BCUT2D eigenvalue weighted by Crippen LogP contribution is 2.31. The van der Waals surface area contributed by atoms with Gasteiger partial charge in [0.05, 0.1) is 17.0 Å². The van der Waals surface area contributed by atoms with Crippen LogP contribution in [-0.4, -0.2) is 47.9 Å². The number of imidazole rings is 1. The molecule has 10 heteroatoms. The summed E-state index contributed by atoms with van der Waals surface area (Å²) in [5.41, 5.74) is 10.1. The van der Waals surface area contributed by atoms with E-state index in [9.17, 15) is 9.59 Å². The van der Waals surface area contributed by atoms with Gasteiger partial charge in [0.15, 0.2) is 0 Å². The maximum atomic E-state index is 12.6. The monoisotopic (exact) mass is 431 g/mol. The minimum atomic E-state index is -0.898. The summed E-state index contributed by atoms with van der Waals surface area (Å²) in [5, 5.41) is 11.5. The van der Waals surface area contributed by atoms with Crippen LogP contribution in [0.4, 0.5) is 5.95 Å². The van der Waals surface area contributed by atoms with E-state index in [1.165, 1.54) is 0 Å². The number of aryl methyl sites for hydroxylation is 1. The van der Waals surface area contributed by atoms with Crippen LogP contribution in [0.2, 0.25) is 0 Å². The number of fused-ring (bicyclic) bond motifs is 1. The van der Waals surface area contributed by atoms with E-state index in [1.807, 2.05) is 25.1 Å². The molecule has 0 aliphatic rings. The third kappa shape index (κ3) is 4.38. The number of anilines is 1. The van der Waals surface area contributed by atoms with Crippen molar-refractivity contribution in [3.05, 3.63) is 60.0 Å². The van der Waals surface area contributed by atoms with Crippen LogP contribution in [0.5, 0.6) is 0 Å². The molecule has 0 spiro atoms. The van der Waals surface area contributed by atoms with Crippen molar-refractivity contribution < 1.29 is 14.7 Å². The Bertz CT molecular complexity index is 1320. The summed E-state index contributed by atoms with van der Waals surface area (Å²) in [7, 11) is 0. The van der Waals surface area contributed by atoms with Gasteiger partial charge < -0.3 is 16.2 Å².